The second-order valence-corrected chi connectivity index (χ2v) is 8.15. The Bertz CT molecular complexity index is 1170. The van der Waals surface area contributed by atoms with E-state index in [1.165, 1.54) is 5.56 Å². The van der Waals surface area contributed by atoms with Crippen LogP contribution in [0, 0.1) is 6.92 Å². The summed E-state index contributed by atoms with van der Waals surface area (Å²) in [6.45, 7) is 3.40. The molecule has 4 rings (SSSR count). The Kier molecular flexibility index (Phi) is 6.49. The summed E-state index contributed by atoms with van der Waals surface area (Å²) in [7, 11) is 1.65. The Hall–Kier alpha value is -2.96. The van der Waals surface area contributed by atoms with Gasteiger partial charge in [-0.05, 0) is 85.7 Å². The molecule has 2 aromatic heterocycles. The molecule has 0 spiro atoms. The van der Waals surface area contributed by atoms with Crippen LogP contribution in [0.3, 0.4) is 0 Å². The number of aromatic nitrogens is 1. The van der Waals surface area contributed by atoms with Gasteiger partial charge >= 0.3 is 0 Å². The molecule has 0 radical (unpaired) electrons. The molecule has 160 valence electrons. The van der Waals surface area contributed by atoms with E-state index >= 15 is 0 Å². The first-order chi connectivity index (χ1) is 15.0. The van der Waals surface area contributed by atoms with Gasteiger partial charge in [-0.2, -0.15) is 0 Å². The van der Waals surface area contributed by atoms with Crippen LogP contribution in [0.4, 0.5) is 5.69 Å². The minimum absolute atomic E-state index is 0.581. The number of hydrogen-bond acceptors (Lipinski definition) is 3. The van der Waals surface area contributed by atoms with Crippen molar-refractivity contribution in [1.29, 1.82) is 0 Å². The fraction of sp³-hybridized carbons (Fsp3) is 0.208. The minimum Gasteiger partial charge on any atom is -0.497 e. The second kappa shape index (κ2) is 9.45. The molecule has 0 fully saturated rings. The van der Waals surface area contributed by atoms with Crippen LogP contribution in [-0.2, 0) is 13.0 Å². The van der Waals surface area contributed by atoms with Gasteiger partial charge in [-0.1, -0.05) is 11.6 Å². The lowest BCUT2D eigenvalue weighted by Crippen LogP contribution is -2.35. The van der Waals surface area contributed by atoms with Gasteiger partial charge in [-0.3, -0.25) is 0 Å². The summed E-state index contributed by atoms with van der Waals surface area (Å²) in [4.78, 5) is 5.56. The lowest BCUT2D eigenvalue weighted by atomic mass is 10.1. The zero-order chi connectivity index (χ0) is 21.8. The Morgan fingerprint density at radius 2 is 2.00 bits per heavy atom. The summed E-state index contributed by atoms with van der Waals surface area (Å²) in [6, 6.07) is 17.5. The lowest BCUT2D eigenvalue weighted by molar-refractivity contribution is 0.368. The van der Waals surface area contributed by atoms with Gasteiger partial charge < -0.3 is 24.4 Å². The average Bonchev–Trinajstić information content (AvgIpc) is 3.38. The molecular formula is C24H24ClN3O2S. The summed E-state index contributed by atoms with van der Waals surface area (Å²) < 4.78 is 10.8. The van der Waals surface area contributed by atoms with Gasteiger partial charge in [0.25, 0.3) is 0 Å². The predicted molar refractivity (Wildman–Crippen MR) is 130 cm³/mol. The molecule has 31 heavy (non-hydrogen) atoms. The molecule has 5 nitrogen and oxygen atoms in total. The predicted octanol–water partition coefficient (Wildman–Crippen LogP) is 6.17. The highest BCUT2D eigenvalue weighted by atomic mass is 35.5. The maximum absolute atomic E-state index is 6.24. The van der Waals surface area contributed by atoms with Gasteiger partial charge in [0.2, 0.25) is 0 Å². The molecule has 0 saturated heterocycles. The number of halogens is 1. The molecule has 2 heterocycles. The first kappa shape index (κ1) is 21.3. The van der Waals surface area contributed by atoms with E-state index in [9.17, 15) is 0 Å². The van der Waals surface area contributed by atoms with Crippen LogP contribution >= 0.6 is 23.8 Å². The Morgan fingerprint density at radius 3 is 2.71 bits per heavy atom. The van der Waals surface area contributed by atoms with Gasteiger partial charge in [0.1, 0.15) is 11.5 Å². The number of rotatable bonds is 7. The van der Waals surface area contributed by atoms with Crippen LogP contribution in [0.2, 0.25) is 5.02 Å². The molecule has 2 aromatic carbocycles. The molecule has 0 unspecified atom stereocenters. The van der Waals surface area contributed by atoms with Crippen molar-refractivity contribution in [2.24, 2.45) is 0 Å². The average molecular weight is 454 g/mol. The van der Waals surface area contributed by atoms with Crippen LogP contribution in [-0.4, -0.2) is 28.7 Å². The molecule has 0 aliphatic carbocycles. The van der Waals surface area contributed by atoms with Crippen molar-refractivity contribution in [3.8, 4) is 5.75 Å². The number of aromatic amines is 1. The number of hydrogen-bond donors (Lipinski definition) is 2. The number of fused-ring (bicyclic) bond motifs is 1. The van der Waals surface area contributed by atoms with Crippen molar-refractivity contribution in [3.05, 3.63) is 82.9 Å². The first-order valence-electron chi connectivity index (χ1n) is 10.0. The molecule has 0 bridgehead atoms. The molecule has 0 saturated carbocycles. The van der Waals surface area contributed by atoms with Gasteiger partial charge in [-0.25, -0.2) is 0 Å². The SMILES string of the molecule is COc1ccc(NC(=S)N(CCc2c(C)[nH]c3ccc(Cl)cc23)Cc2ccco2)cc1. The van der Waals surface area contributed by atoms with Crippen LogP contribution in [0.15, 0.2) is 65.3 Å². The van der Waals surface area contributed by atoms with Gasteiger partial charge in [-0.15, -0.1) is 0 Å². The molecule has 0 atom stereocenters. The molecule has 2 N–H and O–H groups in total. The minimum atomic E-state index is 0.581. The number of furan rings is 1. The van der Waals surface area contributed by atoms with Crippen LogP contribution < -0.4 is 10.1 Å². The van der Waals surface area contributed by atoms with Crippen molar-refractivity contribution in [2.45, 2.75) is 19.9 Å². The Labute approximate surface area is 192 Å². The number of thiocarbonyl (C=S) groups is 1. The van der Waals surface area contributed by atoms with Crippen LogP contribution in [0.1, 0.15) is 17.0 Å². The van der Waals surface area contributed by atoms with Crippen molar-refractivity contribution in [2.75, 3.05) is 19.0 Å². The molecule has 0 aliphatic heterocycles. The zero-order valence-electron chi connectivity index (χ0n) is 17.4. The van der Waals surface area contributed by atoms with E-state index in [2.05, 4.69) is 22.1 Å². The van der Waals surface area contributed by atoms with E-state index in [1.54, 1.807) is 13.4 Å². The number of H-pyrrole nitrogens is 1. The maximum atomic E-state index is 6.24. The van der Waals surface area contributed by atoms with Crippen LogP contribution in [0.25, 0.3) is 10.9 Å². The van der Waals surface area contributed by atoms with E-state index in [0.717, 1.165) is 51.8 Å². The number of methoxy groups -OCH3 is 1. The van der Waals surface area contributed by atoms with Crippen molar-refractivity contribution in [3.63, 3.8) is 0 Å². The van der Waals surface area contributed by atoms with Gasteiger partial charge in [0.05, 0.1) is 19.9 Å². The Balaban J connectivity index is 1.53. The van der Waals surface area contributed by atoms with E-state index < -0.39 is 0 Å². The first-order valence-corrected chi connectivity index (χ1v) is 10.8. The van der Waals surface area contributed by atoms with E-state index in [1.807, 2.05) is 54.6 Å². The third-order valence-corrected chi connectivity index (χ3v) is 5.86. The normalized spacial score (nSPS) is 10.9. The highest BCUT2D eigenvalue weighted by molar-refractivity contribution is 7.80. The van der Waals surface area contributed by atoms with Crippen molar-refractivity contribution < 1.29 is 9.15 Å². The number of nitrogens with one attached hydrogen (secondary N) is 2. The highest BCUT2D eigenvalue weighted by Crippen LogP contribution is 2.26. The van der Waals surface area contributed by atoms with E-state index in [4.69, 9.17) is 33.0 Å². The number of ether oxygens (including phenoxy) is 1. The molecule has 7 heteroatoms. The maximum Gasteiger partial charge on any atom is 0.173 e. The Morgan fingerprint density at radius 1 is 1.19 bits per heavy atom. The van der Waals surface area contributed by atoms with Crippen molar-refractivity contribution >= 4 is 45.5 Å². The number of aryl methyl sites for hydroxylation is 1. The topological polar surface area (TPSA) is 53.4 Å². The summed E-state index contributed by atoms with van der Waals surface area (Å²) in [6.07, 6.45) is 2.50. The standard InChI is InChI=1S/C24H24ClN3O2S/c1-16-21(22-14-17(25)5-10-23(22)26-16)11-12-28(15-20-4-3-13-30-20)24(31)27-18-6-8-19(29-2)9-7-18/h3-10,13-14,26H,11-12,15H2,1-2H3,(H,27,31). The third-order valence-electron chi connectivity index (χ3n) is 5.27. The molecule has 0 aliphatic rings. The van der Waals surface area contributed by atoms with Crippen molar-refractivity contribution in [1.82, 2.24) is 9.88 Å². The summed E-state index contributed by atoms with van der Waals surface area (Å²) in [5, 5.41) is 5.85. The third kappa shape index (κ3) is 5.03. The van der Waals surface area contributed by atoms with Gasteiger partial charge in [0, 0.05) is 33.9 Å². The molecule has 4 aromatic rings. The highest BCUT2D eigenvalue weighted by Gasteiger charge is 2.16. The van der Waals surface area contributed by atoms with E-state index in [0.29, 0.717) is 11.7 Å². The summed E-state index contributed by atoms with van der Waals surface area (Å²) in [5.74, 6) is 1.66. The number of nitrogens with zero attached hydrogens (tertiary/aromatic N) is 1. The quantitative estimate of drug-likeness (QED) is 0.327. The van der Waals surface area contributed by atoms with E-state index in [-0.39, 0.29) is 0 Å². The number of anilines is 1. The fourth-order valence-corrected chi connectivity index (χ4v) is 4.09. The molecule has 0 amide bonds. The smallest absolute Gasteiger partial charge is 0.173 e. The summed E-state index contributed by atoms with van der Waals surface area (Å²) >= 11 is 12.0. The largest absolute Gasteiger partial charge is 0.497 e. The second-order valence-electron chi connectivity index (χ2n) is 7.33. The van der Waals surface area contributed by atoms with Gasteiger partial charge in [0.15, 0.2) is 5.11 Å². The molecular weight excluding hydrogens is 430 g/mol. The van der Waals surface area contributed by atoms with Crippen LogP contribution in [0.5, 0.6) is 5.75 Å². The monoisotopic (exact) mass is 453 g/mol. The summed E-state index contributed by atoms with van der Waals surface area (Å²) in [5.41, 5.74) is 4.39. The zero-order valence-corrected chi connectivity index (χ0v) is 19.0. The lowest BCUT2D eigenvalue weighted by Gasteiger charge is -2.25. The fourth-order valence-electron chi connectivity index (χ4n) is 3.64. The number of benzene rings is 2.